The van der Waals surface area contributed by atoms with Crippen molar-refractivity contribution >= 4 is 10.8 Å². The fourth-order valence-corrected chi connectivity index (χ4v) is 3.27. The quantitative estimate of drug-likeness (QED) is 0.834. The van der Waals surface area contributed by atoms with Crippen LogP contribution in [0.25, 0.3) is 0 Å². The van der Waals surface area contributed by atoms with E-state index in [1.54, 1.807) is 18.2 Å². The van der Waals surface area contributed by atoms with Crippen LogP contribution in [-0.2, 0) is 10.8 Å². The molecule has 0 saturated carbocycles. The highest BCUT2D eigenvalue weighted by Gasteiger charge is 2.24. The summed E-state index contributed by atoms with van der Waals surface area (Å²) in [5.74, 6) is 1.56. The van der Waals surface area contributed by atoms with Crippen LogP contribution in [0.4, 0.5) is 0 Å². The van der Waals surface area contributed by atoms with Gasteiger partial charge in [-0.2, -0.15) is 0 Å². The lowest BCUT2D eigenvalue weighted by molar-refractivity contribution is 0.223. The van der Waals surface area contributed by atoms with Gasteiger partial charge in [-0.05, 0) is 19.1 Å². The fraction of sp³-hybridized carbons (Fsp3) is 0.500. The van der Waals surface area contributed by atoms with Gasteiger partial charge in [0.05, 0.1) is 5.56 Å². The Morgan fingerprint density at radius 2 is 1.76 bits per heavy atom. The maximum atomic E-state index is 11.3. The average molecular weight is 255 g/mol. The molecule has 0 amide bonds. The lowest BCUT2D eigenvalue weighted by Crippen LogP contribution is -2.39. The summed E-state index contributed by atoms with van der Waals surface area (Å²) in [6.07, 6.45) is 0. The summed E-state index contributed by atoms with van der Waals surface area (Å²) in [4.78, 5) is 2.14. The van der Waals surface area contributed by atoms with Gasteiger partial charge in [0.25, 0.3) is 0 Å². The van der Waals surface area contributed by atoms with E-state index < -0.39 is 10.8 Å². The van der Waals surface area contributed by atoms with Crippen LogP contribution in [0.2, 0.25) is 0 Å². The zero-order chi connectivity index (χ0) is 12.4. The first kappa shape index (κ1) is 12.4. The molecule has 1 atom stereocenters. The minimum atomic E-state index is -0.711. The van der Waals surface area contributed by atoms with Gasteiger partial charge in [-0.1, -0.05) is 6.07 Å². The summed E-state index contributed by atoms with van der Waals surface area (Å²) in [6.45, 7) is 3.42. The van der Waals surface area contributed by atoms with Gasteiger partial charge in [-0.15, -0.1) is 0 Å². The predicted octanol–water partition coefficient (Wildman–Crippen LogP) is 1.22. The number of rotatable bonds is 2. The van der Waals surface area contributed by atoms with Crippen LogP contribution in [0.15, 0.2) is 18.2 Å². The molecular weight excluding hydrogens is 238 g/mol. The number of phenolic OH excluding ortho intramolecular Hbond substituents is 2. The summed E-state index contributed by atoms with van der Waals surface area (Å²) in [5.41, 5.74) is 0.556. The zero-order valence-electron chi connectivity index (χ0n) is 9.80. The van der Waals surface area contributed by atoms with Gasteiger partial charge in [0, 0.05) is 41.4 Å². The molecule has 1 heterocycles. The first-order valence-electron chi connectivity index (χ1n) is 5.69. The van der Waals surface area contributed by atoms with E-state index in [1.807, 2.05) is 6.92 Å². The van der Waals surface area contributed by atoms with Crippen LogP contribution >= 0.6 is 0 Å². The molecule has 94 valence electrons. The Labute approximate surface area is 103 Å². The minimum Gasteiger partial charge on any atom is -0.507 e. The standard InChI is InChI=1S/C12H17NO3S/c1-9(13-5-7-17(16)8-6-13)12-10(14)3-2-4-11(12)15/h2-4,9,14-15H,5-8H2,1H3. The van der Waals surface area contributed by atoms with Crippen molar-refractivity contribution in [3.63, 3.8) is 0 Å². The number of nitrogens with zero attached hydrogens (tertiary/aromatic N) is 1. The van der Waals surface area contributed by atoms with E-state index in [-0.39, 0.29) is 17.5 Å². The van der Waals surface area contributed by atoms with Gasteiger partial charge in [-0.3, -0.25) is 9.11 Å². The zero-order valence-corrected chi connectivity index (χ0v) is 10.6. The number of hydrogen-bond acceptors (Lipinski definition) is 4. The summed E-state index contributed by atoms with van der Waals surface area (Å²) in [7, 11) is -0.711. The van der Waals surface area contributed by atoms with Crippen molar-refractivity contribution in [2.75, 3.05) is 24.6 Å². The second-order valence-corrected chi connectivity index (χ2v) is 5.97. The first-order valence-corrected chi connectivity index (χ1v) is 7.18. The van der Waals surface area contributed by atoms with E-state index in [0.29, 0.717) is 17.1 Å². The van der Waals surface area contributed by atoms with Crippen molar-refractivity contribution < 1.29 is 14.4 Å². The lowest BCUT2D eigenvalue weighted by atomic mass is 10.0. The molecule has 0 aliphatic carbocycles. The van der Waals surface area contributed by atoms with Crippen molar-refractivity contribution in [2.24, 2.45) is 0 Å². The molecule has 1 aliphatic rings. The largest absolute Gasteiger partial charge is 0.507 e. The Morgan fingerprint density at radius 3 is 2.29 bits per heavy atom. The molecule has 0 radical (unpaired) electrons. The van der Waals surface area contributed by atoms with Crippen molar-refractivity contribution in [3.8, 4) is 11.5 Å². The summed E-state index contributed by atoms with van der Waals surface area (Å²) in [6, 6.07) is 4.71. The van der Waals surface area contributed by atoms with Crippen molar-refractivity contribution in [2.45, 2.75) is 13.0 Å². The molecule has 1 aliphatic heterocycles. The van der Waals surface area contributed by atoms with Crippen LogP contribution in [0.5, 0.6) is 11.5 Å². The lowest BCUT2D eigenvalue weighted by Gasteiger charge is -2.32. The van der Waals surface area contributed by atoms with Crippen LogP contribution < -0.4 is 0 Å². The number of aromatic hydroxyl groups is 2. The number of phenols is 2. The molecule has 5 heteroatoms. The first-order chi connectivity index (χ1) is 8.09. The van der Waals surface area contributed by atoms with Gasteiger partial charge in [0.2, 0.25) is 0 Å². The van der Waals surface area contributed by atoms with E-state index in [9.17, 15) is 14.4 Å². The van der Waals surface area contributed by atoms with Crippen molar-refractivity contribution in [1.29, 1.82) is 0 Å². The molecule has 1 fully saturated rings. The summed E-state index contributed by atoms with van der Waals surface area (Å²) in [5, 5.41) is 19.6. The molecule has 1 aromatic carbocycles. The van der Waals surface area contributed by atoms with E-state index in [1.165, 1.54) is 0 Å². The van der Waals surface area contributed by atoms with E-state index >= 15 is 0 Å². The van der Waals surface area contributed by atoms with Crippen LogP contribution in [0.3, 0.4) is 0 Å². The Morgan fingerprint density at radius 1 is 1.24 bits per heavy atom. The van der Waals surface area contributed by atoms with Crippen LogP contribution in [-0.4, -0.2) is 43.9 Å². The fourth-order valence-electron chi connectivity index (χ4n) is 2.19. The third kappa shape index (κ3) is 2.61. The molecule has 1 aromatic rings. The topological polar surface area (TPSA) is 60.8 Å². The predicted molar refractivity (Wildman–Crippen MR) is 67.6 cm³/mol. The van der Waals surface area contributed by atoms with E-state index in [2.05, 4.69) is 4.90 Å². The third-order valence-electron chi connectivity index (χ3n) is 3.24. The molecule has 0 bridgehead atoms. The maximum Gasteiger partial charge on any atom is 0.124 e. The monoisotopic (exact) mass is 255 g/mol. The molecule has 17 heavy (non-hydrogen) atoms. The Balaban J connectivity index is 2.19. The van der Waals surface area contributed by atoms with E-state index in [4.69, 9.17) is 0 Å². The molecule has 4 nitrogen and oxygen atoms in total. The number of benzene rings is 1. The Hall–Kier alpha value is -1.07. The SMILES string of the molecule is CC(c1c(O)cccc1O)N1CCS(=O)CC1. The molecule has 2 N–H and O–H groups in total. The average Bonchev–Trinajstić information content (AvgIpc) is 2.29. The van der Waals surface area contributed by atoms with Crippen molar-refractivity contribution in [3.05, 3.63) is 23.8 Å². The maximum absolute atomic E-state index is 11.3. The Bertz CT molecular complexity index is 406. The second-order valence-electron chi connectivity index (χ2n) is 4.27. The molecule has 1 unspecified atom stereocenters. The smallest absolute Gasteiger partial charge is 0.124 e. The number of hydrogen-bond donors (Lipinski definition) is 2. The summed E-state index contributed by atoms with van der Waals surface area (Å²) >= 11 is 0. The van der Waals surface area contributed by atoms with Crippen LogP contribution in [0, 0.1) is 0 Å². The molecule has 2 rings (SSSR count). The molecule has 0 aromatic heterocycles. The van der Waals surface area contributed by atoms with E-state index in [0.717, 1.165) is 13.1 Å². The Kier molecular flexibility index (Phi) is 3.69. The highest BCUT2D eigenvalue weighted by atomic mass is 32.2. The summed E-state index contributed by atoms with van der Waals surface area (Å²) < 4.78 is 11.3. The molecule has 1 saturated heterocycles. The van der Waals surface area contributed by atoms with Gasteiger partial charge in [0.15, 0.2) is 0 Å². The highest BCUT2D eigenvalue weighted by molar-refractivity contribution is 7.85. The van der Waals surface area contributed by atoms with Gasteiger partial charge < -0.3 is 10.2 Å². The molecular formula is C12H17NO3S. The minimum absolute atomic E-state index is 0.0616. The van der Waals surface area contributed by atoms with Gasteiger partial charge in [-0.25, -0.2) is 0 Å². The normalized spacial score (nSPS) is 20.3. The van der Waals surface area contributed by atoms with Gasteiger partial charge in [0.1, 0.15) is 11.5 Å². The van der Waals surface area contributed by atoms with Crippen molar-refractivity contribution in [1.82, 2.24) is 4.90 Å². The van der Waals surface area contributed by atoms with Crippen LogP contribution in [0.1, 0.15) is 18.5 Å². The second kappa shape index (κ2) is 5.06. The molecule has 0 spiro atoms. The highest BCUT2D eigenvalue weighted by Crippen LogP contribution is 2.35. The third-order valence-corrected chi connectivity index (χ3v) is 4.51. The van der Waals surface area contributed by atoms with Gasteiger partial charge >= 0.3 is 0 Å².